The van der Waals surface area contributed by atoms with Crippen molar-refractivity contribution in [2.24, 2.45) is 0 Å². The Bertz CT molecular complexity index is 534. The third kappa shape index (κ3) is 6.31. The first-order chi connectivity index (χ1) is 10.7. The smallest absolute Gasteiger partial charge is 0.133 e. The van der Waals surface area contributed by atoms with E-state index in [2.05, 4.69) is 24.2 Å². The zero-order valence-electron chi connectivity index (χ0n) is 13.5. The molecule has 0 saturated heterocycles. The molecule has 1 aromatic carbocycles. The lowest BCUT2D eigenvalue weighted by molar-refractivity contribution is 0.130. The van der Waals surface area contributed by atoms with E-state index in [-0.39, 0.29) is 0 Å². The molecule has 0 bridgehead atoms. The number of hydrogen-bond acceptors (Lipinski definition) is 4. The standard InChI is InChI=1S/C18H25NO3/c1-15-6-8-18(9-7-15)21-12-5-3-4-11-20-13-10-17-14-16(2)22-19-17/h6-9,14H,3-5,10-13H2,1-2H3. The second-order valence-corrected chi connectivity index (χ2v) is 5.51. The molecule has 0 amide bonds. The summed E-state index contributed by atoms with van der Waals surface area (Å²) in [6.07, 6.45) is 4.05. The Labute approximate surface area is 132 Å². The fourth-order valence-corrected chi connectivity index (χ4v) is 2.12. The molecule has 0 atom stereocenters. The first-order valence-corrected chi connectivity index (χ1v) is 7.93. The van der Waals surface area contributed by atoms with Crippen LogP contribution in [-0.2, 0) is 11.2 Å². The number of hydrogen-bond donors (Lipinski definition) is 0. The monoisotopic (exact) mass is 303 g/mol. The lowest BCUT2D eigenvalue weighted by atomic mass is 10.2. The maximum Gasteiger partial charge on any atom is 0.133 e. The minimum Gasteiger partial charge on any atom is -0.494 e. The Kier molecular flexibility index (Phi) is 6.97. The van der Waals surface area contributed by atoms with Crippen LogP contribution in [0.2, 0.25) is 0 Å². The Morgan fingerprint density at radius 2 is 1.73 bits per heavy atom. The number of benzene rings is 1. The van der Waals surface area contributed by atoms with Crippen LogP contribution in [0, 0.1) is 13.8 Å². The molecule has 1 heterocycles. The fourth-order valence-electron chi connectivity index (χ4n) is 2.12. The van der Waals surface area contributed by atoms with Crippen LogP contribution in [0.25, 0.3) is 0 Å². The van der Waals surface area contributed by atoms with Gasteiger partial charge >= 0.3 is 0 Å². The average Bonchev–Trinajstić information content (AvgIpc) is 2.93. The summed E-state index contributed by atoms with van der Waals surface area (Å²) < 4.78 is 16.3. The number of rotatable bonds is 10. The van der Waals surface area contributed by atoms with E-state index in [9.17, 15) is 0 Å². The molecule has 0 fully saturated rings. The molecule has 0 aliphatic carbocycles. The summed E-state index contributed by atoms with van der Waals surface area (Å²) in [5.41, 5.74) is 2.22. The maximum absolute atomic E-state index is 5.69. The molecule has 1 aromatic heterocycles. The van der Waals surface area contributed by atoms with Gasteiger partial charge in [-0.05, 0) is 45.2 Å². The first kappa shape index (κ1) is 16.6. The molecule has 0 N–H and O–H groups in total. The van der Waals surface area contributed by atoms with E-state index in [0.717, 1.165) is 56.1 Å². The molecular weight excluding hydrogens is 278 g/mol. The van der Waals surface area contributed by atoms with Crippen molar-refractivity contribution < 1.29 is 14.0 Å². The molecular formula is C18H25NO3. The van der Waals surface area contributed by atoms with Crippen LogP contribution >= 0.6 is 0 Å². The first-order valence-electron chi connectivity index (χ1n) is 7.93. The van der Waals surface area contributed by atoms with Gasteiger partial charge in [-0.15, -0.1) is 0 Å². The topological polar surface area (TPSA) is 44.5 Å². The van der Waals surface area contributed by atoms with Gasteiger partial charge in [-0.1, -0.05) is 22.9 Å². The van der Waals surface area contributed by atoms with E-state index in [4.69, 9.17) is 14.0 Å². The molecule has 0 saturated carbocycles. The van der Waals surface area contributed by atoms with Crippen LogP contribution in [0.15, 0.2) is 34.9 Å². The lowest BCUT2D eigenvalue weighted by Crippen LogP contribution is -2.02. The maximum atomic E-state index is 5.69. The van der Waals surface area contributed by atoms with Crippen LogP contribution in [0.1, 0.15) is 36.3 Å². The molecule has 2 rings (SSSR count). The molecule has 0 aliphatic heterocycles. The average molecular weight is 303 g/mol. The molecule has 120 valence electrons. The van der Waals surface area contributed by atoms with E-state index >= 15 is 0 Å². The van der Waals surface area contributed by atoms with Crippen molar-refractivity contribution in [3.63, 3.8) is 0 Å². The van der Waals surface area contributed by atoms with Gasteiger partial charge in [-0.25, -0.2) is 0 Å². The van der Waals surface area contributed by atoms with Gasteiger partial charge in [0.05, 0.1) is 18.9 Å². The van der Waals surface area contributed by atoms with Gasteiger partial charge < -0.3 is 14.0 Å². The fraction of sp³-hybridized carbons (Fsp3) is 0.500. The van der Waals surface area contributed by atoms with Crippen LogP contribution in [-0.4, -0.2) is 25.0 Å². The molecule has 0 spiro atoms. The highest BCUT2D eigenvalue weighted by molar-refractivity contribution is 5.26. The molecule has 2 aromatic rings. The normalized spacial score (nSPS) is 10.8. The third-order valence-corrected chi connectivity index (χ3v) is 3.40. The van der Waals surface area contributed by atoms with Crippen molar-refractivity contribution in [3.8, 4) is 5.75 Å². The van der Waals surface area contributed by atoms with E-state index in [1.165, 1.54) is 5.56 Å². The Morgan fingerprint density at radius 3 is 2.45 bits per heavy atom. The van der Waals surface area contributed by atoms with Crippen molar-refractivity contribution in [2.45, 2.75) is 39.5 Å². The highest BCUT2D eigenvalue weighted by Crippen LogP contribution is 2.12. The highest BCUT2D eigenvalue weighted by atomic mass is 16.5. The Morgan fingerprint density at radius 1 is 0.955 bits per heavy atom. The Hall–Kier alpha value is -1.81. The van der Waals surface area contributed by atoms with Crippen molar-refractivity contribution in [1.82, 2.24) is 5.16 Å². The van der Waals surface area contributed by atoms with Gasteiger partial charge in [-0.2, -0.15) is 0 Å². The van der Waals surface area contributed by atoms with Gasteiger partial charge in [0.1, 0.15) is 11.5 Å². The summed E-state index contributed by atoms with van der Waals surface area (Å²) >= 11 is 0. The van der Waals surface area contributed by atoms with Crippen LogP contribution in [0.4, 0.5) is 0 Å². The van der Waals surface area contributed by atoms with Crippen molar-refractivity contribution in [2.75, 3.05) is 19.8 Å². The van der Waals surface area contributed by atoms with Crippen LogP contribution in [0.3, 0.4) is 0 Å². The van der Waals surface area contributed by atoms with Crippen molar-refractivity contribution in [1.29, 1.82) is 0 Å². The van der Waals surface area contributed by atoms with E-state index in [1.54, 1.807) is 0 Å². The summed E-state index contributed by atoms with van der Waals surface area (Å²) in [4.78, 5) is 0. The largest absolute Gasteiger partial charge is 0.494 e. The van der Waals surface area contributed by atoms with Gasteiger partial charge in [0, 0.05) is 19.1 Å². The SMILES string of the molecule is Cc1ccc(OCCCCCOCCc2cc(C)on2)cc1. The van der Waals surface area contributed by atoms with Crippen molar-refractivity contribution >= 4 is 0 Å². The van der Waals surface area contributed by atoms with Crippen molar-refractivity contribution in [3.05, 3.63) is 47.3 Å². The molecule has 4 nitrogen and oxygen atoms in total. The minimum atomic E-state index is 0.700. The zero-order chi connectivity index (χ0) is 15.6. The van der Waals surface area contributed by atoms with Gasteiger partial charge in [0.15, 0.2) is 0 Å². The summed E-state index contributed by atoms with van der Waals surface area (Å²) in [6.45, 7) is 6.23. The van der Waals surface area contributed by atoms with E-state index in [1.807, 2.05) is 25.1 Å². The number of unbranched alkanes of at least 4 members (excludes halogenated alkanes) is 2. The zero-order valence-corrected chi connectivity index (χ0v) is 13.5. The summed E-state index contributed by atoms with van der Waals surface area (Å²) in [7, 11) is 0. The Balaban J connectivity index is 1.42. The second-order valence-electron chi connectivity index (χ2n) is 5.51. The molecule has 0 aliphatic rings. The molecule has 22 heavy (non-hydrogen) atoms. The molecule has 0 radical (unpaired) electrons. The third-order valence-electron chi connectivity index (χ3n) is 3.40. The summed E-state index contributed by atoms with van der Waals surface area (Å²) in [5.74, 6) is 1.80. The van der Waals surface area contributed by atoms with Gasteiger partial charge in [0.25, 0.3) is 0 Å². The lowest BCUT2D eigenvalue weighted by Gasteiger charge is -2.06. The summed E-state index contributed by atoms with van der Waals surface area (Å²) in [5, 5.41) is 3.94. The minimum absolute atomic E-state index is 0.700. The second kappa shape index (κ2) is 9.26. The van der Waals surface area contributed by atoms with Gasteiger partial charge in [-0.3, -0.25) is 0 Å². The van der Waals surface area contributed by atoms with E-state index in [0.29, 0.717) is 6.61 Å². The molecule has 0 unspecified atom stereocenters. The number of nitrogens with zero attached hydrogens (tertiary/aromatic N) is 1. The quantitative estimate of drug-likeness (QED) is 0.620. The van der Waals surface area contributed by atoms with Crippen LogP contribution < -0.4 is 4.74 Å². The van der Waals surface area contributed by atoms with E-state index < -0.39 is 0 Å². The predicted molar refractivity (Wildman–Crippen MR) is 86.3 cm³/mol. The number of aryl methyl sites for hydroxylation is 2. The highest BCUT2D eigenvalue weighted by Gasteiger charge is 2.00. The van der Waals surface area contributed by atoms with Crippen LogP contribution in [0.5, 0.6) is 5.75 Å². The number of aromatic nitrogens is 1. The number of ether oxygens (including phenoxy) is 2. The molecule has 4 heteroatoms. The van der Waals surface area contributed by atoms with Gasteiger partial charge in [0.2, 0.25) is 0 Å². The summed E-state index contributed by atoms with van der Waals surface area (Å²) in [6, 6.07) is 10.1. The predicted octanol–water partition coefficient (Wildman–Crippen LogP) is 4.10.